The average Bonchev–Trinajstić information content (AvgIpc) is 2.03. The maximum absolute atomic E-state index is 10.1. The van der Waals surface area contributed by atoms with E-state index in [1.807, 2.05) is 0 Å². The maximum Gasteiger partial charge on any atom is 0.134 e. The largest absolute Gasteiger partial charge is 0.379 e. The number of hydrogen-bond acceptors (Lipinski definition) is 4. The molecule has 0 saturated heterocycles. The number of aliphatic hydroxyl groups is 1. The zero-order valence-corrected chi connectivity index (χ0v) is 6.44. The summed E-state index contributed by atoms with van der Waals surface area (Å²) in [7, 11) is 5.19. The Labute approximate surface area is 67.8 Å². The summed E-state index contributed by atoms with van der Waals surface area (Å²) >= 11 is 0. The van der Waals surface area contributed by atoms with E-state index in [4.69, 9.17) is 18.7 Å². The van der Waals surface area contributed by atoms with Gasteiger partial charge in [0, 0.05) is 13.1 Å². The van der Waals surface area contributed by atoms with E-state index < -0.39 is 6.23 Å². The lowest BCUT2D eigenvalue weighted by atomic mass is 10.0. The Morgan fingerprint density at radius 3 is 2.73 bits per heavy atom. The third kappa shape index (κ3) is 4.13. The van der Waals surface area contributed by atoms with E-state index in [1.54, 1.807) is 0 Å². The number of aldehydes is 1. The van der Waals surface area contributed by atoms with E-state index >= 15 is 0 Å². The van der Waals surface area contributed by atoms with Crippen LogP contribution in [-0.4, -0.2) is 50.0 Å². The van der Waals surface area contributed by atoms with Crippen LogP contribution in [0.2, 0.25) is 6.32 Å². The van der Waals surface area contributed by atoms with Crippen LogP contribution in [0.15, 0.2) is 0 Å². The van der Waals surface area contributed by atoms with Gasteiger partial charge in [0.25, 0.3) is 0 Å². The molecule has 1 unspecified atom stereocenters. The van der Waals surface area contributed by atoms with Crippen LogP contribution < -0.4 is 5.73 Å². The number of hydrogen-bond donors (Lipinski definition) is 2. The minimum absolute atomic E-state index is 0.119. The Balaban J connectivity index is 3.75. The summed E-state index contributed by atoms with van der Waals surface area (Å²) in [5.74, 6) is 0. The summed E-state index contributed by atoms with van der Waals surface area (Å²) in [6.07, 6.45) is 0.0753. The molecule has 0 heterocycles. The summed E-state index contributed by atoms with van der Waals surface area (Å²) in [6, 6.07) is 0. The lowest BCUT2D eigenvalue weighted by molar-refractivity contribution is -0.111. The van der Waals surface area contributed by atoms with E-state index in [0.29, 0.717) is 19.4 Å². The third-order valence-corrected chi connectivity index (χ3v) is 1.36. The first-order chi connectivity index (χ1) is 5.26. The molecule has 0 aliphatic rings. The Morgan fingerprint density at radius 1 is 1.73 bits per heavy atom. The highest BCUT2D eigenvalue weighted by Gasteiger charge is 2.10. The number of nitrogens with two attached hydrogens (primary N) is 1. The standard InChI is InChI=1S/C6H13BN2O2/c7-5-6(11)9(2-1-8)3-4-10/h4,6,11H,1-3,5,8H2. The van der Waals surface area contributed by atoms with E-state index in [0.717, 1.165) is 0 Å². The lowest BCUT2D eigenvalue weighted by Crippen LogP contribution is -2.39. The second kappa shape index (κ2) is 6.33. The van der Waals surface area contributed by atoms with Crippen LogP contribution in [0, 0.1) is 0 Å². The van der Waals surface area contributed by atoms with Crippen molar-refractivity contribution in [1.82, 2.24) is 4.90 Å². The molecule has 11 heavy (non-hydrogen) atoms. The first kappa shape index (κ1) is 10.6. The van der Waals surface area contributed by atoms with Crippen LogP contribution in [0.4, 0.5) is 0 Å². The molecule has 0 aliphatic heterocycles. The van der Waals surface area contributed by atoms with Gasteiger partial charge in [0.2, 0.25) is 0 Å². The second-order valence-electron chi connectivity index (χ2n) is 2.17. The fourth-order valence-corrected chi connectivity index (χ4v) is 0.773. The summed E-state index contributed by atoms with van der Waals surface area (Å²) < 4.78 is 0. The van der Waals surface area contributed by atoms with Crippen molar-refractivity contribution in [3.63, 3.8) is 0 Å². The second-order valence-corrected chi connectivity index (χ2v) is 2.17. The molecule has 0 bridgehead atoms. The molecular formula is C6H13BN2O2. The van der Waals surface area contributed by atoms with E-state index in [1.165, 1.54) is 4.90 Å². The lowest BCUT2D eigenvalue weighted by Gasteiger charge is -2.23. The van der Waals surface area contributed by atoms with Gasteiger partial charge in [0.1, 0.15) is 6.29 Å². The molecule has 2 radical (unpaired) electrons. The van der Waals surface area contributed by atoms with Crippen LogP contribution in [0.5, 0.6) is 0 Å². The van der Waals surface area contributed by atoms with Crippen molar-refractivity contribution in [2.24, 2.45) is 5.73 Å². The van der Waals surface area contributed by atoms with Gasteiger partial charge in [-0.25, -0.2) is 0 Å². The first-order valence-electron chi connectivity index (χ1n) is 3.52. The molecule has 1 atom stereocenters. The van der Waals surface area contributed by atoms with Crippen LogP contribution in [0.1, 0.15) is 0 Å². The van der Waals surface area contributed by atoms with Crippen molar-refractivity contribution < 1.29 is 9.90 Å². The molecule has 0 fully saturated rings. The molecule has 0 rings (SSSR count). The zero-order valence-electron chi connectivity index (χ0n) is 6.44. The molecule has 0 aromatic heterocycles. The molecule has 0 aromatic carbocycles. The topological polar surface area (TPSA) is 66.6 Å². The van der Waals surface area contributed by atoms with Gasteiger partial charge in [-0.15, -0.1) is 0 Å². The monoisotopic (exact) mass is 156 g/mol. The number of rotatable bonds is 6. The van der Waals surface area contributed by atoms with Gasteiger partial charge in [0.05, 0.1) is 20.6 Å². The quantitative estimate of drug-likeness (QED) is 0.274. The van der Waals surface area contributed by atoms with Gasteiger partial charge in [-0.3, -0.25) is 4.90 Å². The van der Waals surface area contributed by atoms with Gasteiger partial charge >= 0.3 is 0 Å². The van der Waals surface area contributed by atoms with Crippen LogP contribution >= 0.6 is 0 Å². The first-order valence-corrected chi connectivity index (χ1v) is 3.52. The Hall–Kier alpha value is -0.385. The summed E-state index contributed by atoms with van der Waals surface area (Å²) in [5.41, 5.74) is 5.24. The van der Waals surface area contributed by atoms with Gasteiger partial charge < -0.3 is 15.6 Å². The van der Waals surface area contributed by atoms with Gasteiger partial charge in [-0.05, 0) is 6.32 Å². The SMILES string of the molecule is [B]CC(O)N(CC=O)CCN. The number of aliphatic hydroxyl groups excluding tert-OH is 1. The molecule has 62 valence electrons. The van der Waals surface area contributed by atoms with Crippen LogP contribution in [0.3, 0.4) is 0 Å². The van der Waals surface area contributed by atoms with E-state index in [-0.39, 0.29) is 12.9 Å². The van der Waals surface area contributed by atoms with Gasteiger partial charge in [0.15, 0.2) is 0 Å². The Morgan fingerprint density at radius 2 is 2.36 bits per heavy atom. The minimum atomic E-state index is -0.760. The molecule has 3 N–H and O–H groups in total. The summed E-state index contributed by atoms with van der Waals surface area (Å²) in [5, 5.41) is 9.17. The highest BCUT2D eigenvalue weighted by atomic mass is 16.3. The van der Waals surface area contributed by atoms with Crippen molar-refractivity contribution in [3.05, 3.63) is 0 Å². The Kier molecular flexibility index (Phi) is 6.11. The minimum Gasteiger partial charge on any atom is -0.379 e. The molecule has 4 nitrogen and oxygen atoms in total. The highest BCUT2D eigenvalue weighted by Crippen LogP contribution is 1.96. The molecule has 0 aliphatic carbocycles. The van der Waals surface area contributed by atoms with E-state index in [9.17, 15) is 4.79 Å². The van der Waals surface area contributed by atoms with Crippen molar-refractivity contribution in [1.29, 1.82) is 0 Å². The predicted octanol–water partition coefficient (Wildman–Crippen LogP) is -1.65. The third-order valence-electron chi connectivity index (χ3n) is 1.36. The maximum atomic E-state index is 10.1. The molecule has 5 heteroatoms. The highest BCUT2D eigenvalue weighted by molar-refractivity contribution is 6.08. The molecule has 0 saturated carbocycles. The smallest absolute Gasteiger partial charge is 0.134 e. The normalized spacial score (nSPS) is 13.4. The fraction of sp³-hybridized carbons (Fsp3) is 0.833. The zero-order chi connectivity index (χ0) is 8.69. The molecular weight excluding hydrogens is 143 g/mol. The summed E-state index contributed by atoms with van der Waals surface area (Å²) in [6.45, 7) is 1.07. The van der Waals surface area contributed by atoms with Crippen molar-refractivity contribution in [2.45, 2.75) is 12.5 Å². The summed E-state index contributed by atoms with van der Waals surface area (Å²) in [4.78, 5) is 11.6. The van der Waals surface area contributed by atoms with Crippen LogP contribution in [0.25, 0.3) is 0 Å². The fourth-order valence-electron chi connectivity index (χ4n) is 0.773. The predicted molar refractivity (Wildman–Crippen MR) is 43.3 cm³/mol. The average molecular weight is 156 g/mol. The number of carbonyl (C=O) groups excluding carboxylic acids is 1. The van der Waals surface area contributed by atoms with Gasteiger partial charge in [-0.2, -0.15) is 0 Å². The molecule has 0 aromatic rings. The number of carbonyl (C=O) groups is 1. The van der Waals surface area contributed by atoms with E-state index in [2.05, 4.69) is 0 Å². The van der Waals surface area contributed by atoms with Gasteiger partial charge in [-0.1, -0.05) is 0 Å². The Bertz CT molecular complexity index is 113. The number of nitrogens with zero attached hydrogens (tertiary/aromatic N) is 1. The van der Waals surface area contributed by atoms with Crippen LogP contribution in [-0.2, 0) is 4.79 Å². The molecule has 0 amide bonds. The van der Waals surface area contributed by atoms with Crippen molar-refractivity contribution in [2.75, 3.05) is 19.6 Å². The van der Waals surface area contributed by atoms with Crippen molar-refractivity contribution >= 4 is 14.1 Å². The van der Waals surface area contributed by atoms with Crippen molar-refractivity contribution in [3.8, 4) is 0 Å². The molecule has 0 spiro atoms.